The van der Waals surface area contributed by atoms with E-state index in [1.165, 1.54) is 23.1 Å². The number of ketones is 1. The summed E-state index contributed by atoms with van der Waals surface area (Å²) in [6, 6.07) is 16.8. The summed E-state index contributed by atoms with van der Waals surface area (Å²) >= 11 is 6.21. The maximum absolute atomic E-state index is 15.3. The van der Waals surface area contributed by atoms with Crippen molar-refractivity contribution in [3.8, 4) is 11.1 Å². The van der Waals surface area contributed by atoms with Crippen LogP contribution in [0.3, 0.4) is 0 Å². The van der Waals surface area contributed by atoms with Crippen molar-refractivity contribution < 1.29 is 23.2 Å². The van der Waals surface area contributed by atoms with Gasteiger partial charge in [0.1, 0.15) is 12.0 Å². The number of carbonyl (C=O) groups is 3. The molecule has 1 aliphatic heterocycles. The number of primary amides is 1. The Bertz CT molecular complexity index is 1300. The van der Waals surface area contributed by atoms with E-state index in [4.69, 9.17) is 17.3 Å². The van der Waals surface area contributed by atoms with E-state index in [-0.39, 0.29) is 42.5 Å². The molecule has 8 heteroatoms. The van der Waals surface area contributed by atoms with E-state index in [0.717, 1.165) is 0 Å². The van der Waals surface area contributed by atoms with Gasteiger partial charge in [-0.1, -0.05) is 60.1 Å². The second-order valence-electron chi connectivity index (χ2n) is 8.54. The van der Waals surface area contributed by atoms with Crippen molar-refractivity contribution in [2.24, 2.45) is 5.73 Å². The molecule has 5 nitrogen and oxygen atoms in total. The molecule has 0 saturated carbocycles. The Morgan fingerprint density at radius 1 is 0.971 bits per heavy atom. The molecule has 3 aromatic carbocycles. The van der Waals surface area contributed by atoms with E-state index < -0.39 is 35.6 Å². The van der Waals surface area contributed by atoms with Gasteiger partial charge < -0.3 is 10.6 Å². The van der Waals surface area contributed by atoms with E-state index in [1.54, 1.807) is 48.5 Å². The summed E-state index contributed by atoms with van der Waals surface area (Å²) in [5.74, 6) is -2.10. The maximum atomic E-state index is 15.3. The fraction of sp³-hybridized carbons (Fsp3) is 0.222. The fourth-order valence-corrected chi connectivity index (χ4v) is 4.62. The average Bonchev–Trinajstić information content (AvgIpc) is 3.23. The molecule has 0 aliphatic carbocycles. The van der Waals surface area contributed by atoms with Crippen molar-refractivity contribution in [1.29, 1.82) is 0 Å². The molecule has 1 fully saturated rings. The molecule has 180 valence electrons. The molecule has 0 aromatic heterocycles. The highest BCUT2D eigenvalue weighted by Crippen LogP contribution is 2.32. The molecule has 2 atom stereocenters. The maximum Gasteiger partial charge on any atom is 0.248 e. The number of likely N-dealkylation sites (tertiary alicyclic amines) is 1. The molecule has 1 heterocycles. The Morgan fingerprint density at radius 2 is 1.69 bits per heavy atom. The van der Waals surface area contributed by atoms with Crippen molar-refractivity contribution in [3.05, 3.63) is 94.3 Å². The number of hydrogen-bond donors (Lipinski definition) is 1. The quantitative estimate of drug-likeness (QED) is 0.521. The number of halogens is 3. The summed E-state index contributed by atoms with van der Waals surface area (Å²) < 4.78 is 29.6. The van der Waals surface area contributed by atoms with E-state index in [1.807, 2.05) is 0 Å². The van der Waals surface area contributed by atoms with Gasteiger partial charge >= 0.3 is 0 Å². The molecular formula is C27H23ClF2N2O3. The Balaban J connectivity index is 1.52. The van der Waals surface area contributed by atoms with Crippen LogP contribution < -0.4 is 5.73 Å². The third-order valence-electron chi connectivity index (χ3n) is 6.12. The fourth-order valence-electron chi connectivity index (χ4n) is 4.39. The standard InChI is InChI=1S/C27H23ClF2N2O3/c28-22-10-2-1-8-20(22)21-9-4-6-17(26(21)30)13-24(33)23-14-19(29)15-32(23)25(34)12-16-5-3-7-18(11-16)27(31)35/h1-11,19,23H,12-15H2,(H2,31,35)/t19-,23+/m1/s1. The van der Waals surface area contributed by atoms with E-state index in [0.29, 0.717) is 16.1 Å². The van der Waals surface area contributed by atoms with Crippen molar-refractivity contribution in [1.82, 2.24) is 4.90 Å². The number of nitrogens with zero attached hydrogens (tertiary/aromatic N) is 1. The summed E-state index contributed by atoms with van der Waals surface area (Å²) in [6.45, 7) is -0.215. The van der Waals surface area contributed by atoms with Gasteiger partial charge in [0.2, 0.25) is 11.8 Å². The number of amides is 2. The molecule has 0 unspecified atom stereocenters. The van der Waals surface area contributed by atoms with Gasteiger partial charge in [-0.2, -0.15) is 0 Å². The van der Waals surface area contributed by atoms with Gasteiger partial charge in [0, 0.05) is 34.6 Å². The van der Waals surface area contributed by atoms with Crippen LogP contribution in [0.1, 0.15) is 27.9 Å². The molecular weight excluding hydrogens is 474 g/mol. The Morgan fingerprint density at radius 3 is 2.43 bits per heavy atom. The van der Waals surface area contributed by atoms with Gasteiger partial charge in [-0.15, -0.1) is 0 Å². The third kappa shape index (κ3) is 5.41. The van der Waals surface area contributed by atoms with E-state index in [2.05, 4.69) is 0 Å². The predicted molar refractivity (Wildman–Crippen MR) is 129 cm³/mol. The molecule has 2 amide bonds. The number of rotatable bonds is 7. The first-order valence-corrected chi connectivity index (χ1v) is 11.5. The first kappa shape index (κ1) is 24.5. The average molecular weight is 497 g/mol. The molecule has 1 aliphatic rings. The molecule has 3 aromatic rings. The Kier molecular flexibility index (Phi) is 7.26. The predicted octanol–water partition coefficient (Wildman–Crippen LogP) is 4.54. The largest absolute Gasteiger partial charge is 0.366 e. The van der Waals surface area contributed by atoms with Crippen molar-refractivity contribution in [2.45, 2.75) is 31.5 Å². The van der Waals surface area contributed by atoms with Crippen LogP contribution in [0.15, 0.2) is 66.7 Å². The molecule has 1 saturated heterocycles. The van der Waals surface area contributed by atoms with Gasteiger partial charge in [-0.25, -0.2) is 8.78 Å². The molecule has 0 radical (unpaired) electrons. The van der Waals surface area contributed by atoms with Crippen LogP contribution in [-0.2, 0) is 22.4 Å². The lowest BCUT2D eigenvalue weighted by molar-refractivity contribution is -0.136. The normalized spacial score (nSPS) is 17.4. The van der Waals surface area contributed by atoms with Crippen LogP contribution in [0.2, 0.25) is 5.02 Å². The van der Waals surface area contributed by atoms with Crippen molar-refractivity contribution in [3.63, 3.8) is 0 Å². The van der Waals surface area contributed by atoms with Gasteiger partial charge in [0.05, 0.1) is 19.0 Å². The second-order valence-corrected chi connectivity index (χ2v) is 8.95. The third-order valence-corrected chi connectivity index (χ3v) is 6.45. The number of carbonyl (C=O) groups excluding carboxylic acids is 3. The van der Waals surface area contributed by atoms with Crippen LogP contribution in [0.4, 0.5) is 8.78 Å². The lowest BCUT2D eigenvalue weighted by Gasteiger charge is -2.24. The Hall–Kier alpha value is -3.58. The molecule has 2 N–H and O–H groups in total. The van der Waals surface area contributed by atoms with Crippen LogP contribution in [0, 0.1) is 5.82 Å². The topological polar surface area (TPSA) is 80.5 Å². The highest BCUT2D eigenvalue weighted by Gasteiger charge is 2.39. The summed E-state index contributed by atoms with van der Waals surface area (Å²) in [5, 5.41) is 0.378. The molecule has 0 spiro atoms. The van der Waals surface area contributed by atoms with Gasteiger partial charge in [0.15, 0.2) is 5.78 Å². The SMILES string of the molecule is NC(=O)c1cccc(CC(=O)N2C[C@H](F)C[C@H]2C(=O)Cc2cccc(-c3ccccc3Cl)c2F)c1. The van der Waals surface area contributed by atoms with Crippen LogP contribution >= 0.6 is 11.6 Å². The van der Waals surface area contributed by atoms with E-state index in [9.17, 15) is 18.8 Å². The highest BCUT2D eigenvalue weighted by molar-refractivity contribution is 6.33. The van der Waals surface area contributed by atoms with Gasteiger partial charge in [-0.3, -0.25) is 14.4 Å². The van der Waals surface area contributed by atoms with Crippen LogP contribution in [0.5, 0.6) is 0 Å². The minimum atomic E-state index is -1.36. The first-order chi connectivity index (χ1) is 16.7. The zero-order valence-electron chi connectivity index (χ0n) is 18.7. The summed E-state index contributed by atoms with van der Waals surface area (Å²) in [7, 11) is 0. The number of Topliss-reactive ketones (excluding diaryl/α,β-unsaturated/α-hetero) is 1. The van der Waals surface area contributed by atoms with Crippen LogP contribution in [-0.4, -0.2) is 41.3 Å². The summed E-state index contributed by atoms with van der Waals surface area (Å²) in [6.07, 6.45) is -1.90. The Labute approximate surface area is 206 Å². The van der Waals surface area contributed by atoms with E-state index >= 15 is 4.39 Å². The monoisotopic (exact) mass is 496 g/mol. The first-order valence-electron chi connectivity index (χ1n) is 11.1. The lowest BCUT2D eigenvalue weighted by atomic mass is 9.96. The smallest absolute Gasteiger partial charge is 0.248 e. The molecule has 4 rings (SSSR count). The van der Waals surface area contributed by atoms with Gasteiger partial charge in [-0.05, 0) is 29.3 Å². The number of benzene rings is 3. The minimum Gasteiger partial charge on any atom is -0.366 e. The lowest BCUT2D eigenvalue weighted by Crippen LogP contribution is -2.42. The van der Waals surface area contributed by atoms with Crippen molar-refractivity contribution >= 4 is 29.2 Å². The minimum absolute atomic E-state index is 0.117. The van der Waals surface area contributed by atoms with Crippen LogP contribution in [0.25, 0.3) is 11.1 Å². The highest BCUT2D eigenvalue weighted by atomic mass is 35.5. The number of hydrogen-bond acceptors (Lipinski definition) is 3. The van der Waals surface area contributed by atoms with Gasteiger partial charge in [0.25, 0.3) is 0 Å². The number of alkyl halides is 1. The van der Waals surface area contributed by atoms with Crippen molar-refractivity contribution in [2.75, 3.05) is 6.54 Å². The zero-order valence-corrected chi connectivity index (χ0v) is 19.5. The summed E-state index contributed by atoms with van der Waals surface area (Å²) in [4.78, 5) is 38.7. The molecule has 0 bridgehead atoms. The second kappa shape index (κ2) is 10.4. The zero-order chi connectivity index (χ0) is 25.1. The summed E-state index contributed by atoms with van der Waals surface area (Å²) in [5.41, 5.74) is 6.98. The number of nitrogens with two attached hydrogens (primary N) is 1. The molecule has 35 heavy (non-hydrogen) atoms.